The molecular formula is C17H19BrN4O. The lowest BCUT2D eigenvalue weighted by Gasteiger charge is -2.12. The SMILES string of the molecule is Cc1cc(Br)ccc1NC(=O)c1ccc(NC2CCCC2)nn1. The summed E-state index contributed by atoms with van der Waals surface area (Å²) in [4.78, 5) is 12.3. The van der Waals surface area contributed by atoms with Gasteiger partial charge in [0, 0.05) is 16.2 Å². The second-order valence-corrected chi connectivity index (χ2v) is 6.76. The second-order valence-electron chi connectivity index (χ2n) is 5.84. The molecule has 0 aliphatic heterocycles. The maximum absolute atomic E-state index is 12.3. The highest BCUT2D eigenvalue weighted by Crippen LogP contribution is 2.22. The van der Waals surface area contributed by atoms with E-state index in [0.29, 0.717) is 11.7 Å². The van der Waals surface area contributed by atoms with Crippen LogP contribution < -0.4 is 10.6 Å². The number of nitrogens with one attached hydrogen (secondary N) is 2. The van der Waals surface area contributed by atoms with Gasteiger partial charge in [0.15, 0.2) is 5.69 Å². The third-order valence-electron chi connectivity index (χ3n) is 4.04. The fourth-order valence-electron chi connectivity index (χ4n) is 2.76. The van der Waals surface area contributed by atoms with Gasteiger partial charge in [-0.1, -0.05) is 28.8 Å². The van der Waals surface area contributed by atoms with Crippen LogP contribution in [0.5, 0.6) is 0 Å². The normalized spacial score (nSPS) is 14.7. The highest BCUT2D eigenvalue weighted by atomic mass is 79.9. The fraction of sp³-hybridized carbons (Fsp3) is 0.353. The molecule has 5 nitrogen and oxygen atoms in total. The van der Waals surface area contributed by atoms with Crippen molar-refractivity contribution in [3.8, 4) is 0 Å². The number of aromatic nitrogens is 2. The summed E-state index contributed by atoms with van der Waals surface area (Å²) in [5.74, 6) is 0.476. The molecular weight excluding hydrogens is 356 g/mol. The maximum Gasteiger partial charge on any atom is 0.276 e. The lowest BCUT2D eigenvalue weighted by Crippen LogP contribution is -2.18. The minimum Gasteiger partial charge on any atom is -0.366 e. The summed E-state index contributed by atoms with van der Waals surface area (Å²) in [6, 6.07) is 9.71. The molecule has 1 aliphatic carbocycles. The fourth-order valence-corrected chi connectivity index (χ4v) is 3.24. The highest BCUT2D eigenvalue weighted by molar-refractivity contribution is 9.10. The van der Waals surface area contributed by atoms with Crippen molar-refractivity contribution in [3.63, 3.8) is 0 Å². The summed E-state index contributed by atoms with van der Waals surface area (Å²) in [6.45, 7) is 1.95. The summed E-state index contributed by atoms with van der Waals surface area (Å²) in [7, 11) is 0. The van der Waals surface area contributed by atoms with E-state index in [9.17, 15) is 4.79 Å². The van der Waals surface area contributed by atoms with E-state index in [1.807, 2.05) is 31.2 Å². The van der Waals surface area contributed by atoms with E-state index in [2.05, 4.69) is 36.8 Å². The molecule has 120 valence electrons. The van der Waals surface area contributed by atoms with Crippen LogP contribution in [0.3, 0.4) is 0 Å². The first-order chi connectivity index (χ1) is 11.1. The van der Waals surface area contributed by atoms with Crippen LogP contribution in [0.25, 0.3) is 0 Å². The third-order valence-corrected chi connectivity index (χ3v) is 4.53. The van der Waals surface area contributed by atoms with Gasteiger partial charge in [-0.2, -0.15) is 0 Å². The first-order valence-corrected chi connectivity index (χ1v) is 8.59. The van der Waals surface area contributed by atoms with Gasteiger partial charge in [-0.3, -0.25) is 4.79 Å². The number of amides is 1. The van der Waals surface area contributed by atoms with Gasteiger partial charge >= 0.3 is 0 Å². The molecule has 0 radical (unpaired) electrons. The van der Waals surface area contributed by atoms with Crippen molar-refractivity contribution in [1.29, 1.82) is 0 Å². The molecule has 0 spiro atoms. The van der Waals surface area contributed by atoms with Gasteiger partial charge in [0.2, 0.25) is 0 Å². The van der Waals surface area contributed by atoms with Crippen LogP contribution in [0.2, 0.25) is 0 Å². The summed E-state index contributed by atoms with van der Waals surface area (Å²) in [5.41, 5.74) is 2.07. The molecule has 0 saturated heterocycles. The second kappa shape index (κ2) is 7.08. The molecule has 1 aromatic heterocycles. The van der Waals surface area contributed by atoms with Crippen molar-refractivity contribution in [2.24, 2.45) is 0 Å². The molecule has 1 aliphatic rings. The van der Waals surface area contributed by atoms with Crippen LogP contribution in [0.1, 0.15) is 41.7 Å². The monoisotopic (exact) mass is 374 g/mol. The van der Waals surface area contributed by atoms with Gasteiger partial charge in [-0.25, -0.2) is 0 Å². The molecule has 3 rings (SSSR count). The van der Waals surface area contributed by atoms with Gasteiger partial charge in [0.25, 0.3) is 5.91 Å². The molecule has 1 fully saturated rings. The molecule has 2 aromatic rings. The molecule has 0 atom stereocenters. The van der Waals surface area contributed by atoms with Crippen LogP contribution in [0, 0.1) is 6.92 Å². The highest BCUT2D eigenvalue weighted by Gasteiger charge is 2.16. The summed E-state index contributed by atoms with van der Waals surface area (Å²) < 4.78 is 0.982. The molecule has 6 heteroatoms. The van der Waals surface area contributed by atoms with Crippen LogP contribution in [-0.4, -0.2) is 22.1 Å². The van der Waals surface area contributed by atoms with E-state index in [-0.39, 0.29) is 5.91 Å². The zero-order chi connectivity index (χ0) is 16.2. The molecule has 23 heavy (non-hydrogen) atoms. The Morgan fingerprint density at radius 2 is 1.96 bits per heavy atom. The standard InChI is InChI=1S/C17H19BrN4O/c1-11-10-12(18)6-7-14(11)20-17(23)15-8-9-16(22-21-15)19-13-4-2-3-5-13/h6-10,13H,2-5H2,1H3,(H,19,22)(H,20,23). The van der Waals surface area contributed by atoms with E-state index in [1.165, 1.54) is 25.7 Å². The molecule has 1 aromatic carbocycles. The van der Waals surface area contributed by atoms with E-state index >= 15 is 0 Å². The minimum atomic E-state index is -0.254. The Hall–Kier alpha value is -1.95. The summed E-state index contributed by atoms with van der Waals surface area (Å²) in [6.07, 6.45) is 4.87. The topological polar surface area (TPSA) is 66.9 Å². The molecule has 0 bridgehead atoms. The van der Waals surface area contributed by atoms with E-state index in [4.69, 9.17) is 0 Å². The molecule has 2 N–H and O–H groups in total. The first kappa shape index (κ1) is 15.9. The molecule has 0 unspecified atom stereocenters. The van der Waals surface area contributed by atoms with Crippen molar-refractivity contribution in [1.82, 2.24) is 10.2 Å². The average molecular weight is 375 g/mol. The maximum atomic E-state index is 12.3. The number of halogens is 1. The summed E-state index contributed by atoms with van der Waals surface area (Å²) in [5, 5.41) is 14.4. The smallest absolute Gasteiger partial charge is 0.276 e. The quantitative estimate of drug-likeness (QED) is 0.843. The molecule has 1 saturated carbocycles. The van der Waals surface area contributed by atoms with Crippen molar-refractivity contribution in [2.45, 2.75) is 38.6 Å². The van der Waals surface area contributed by atoms with E-state index in [0.717, 1.165) is 21.5 Å². The zero-order valence-corrected chi connectivity index (χ0v) is 14.6. The van der Waals surface area contributed by atoms with Gasteiger partial charge in [-0.05, 0) is 55.7 Å². The number of carbonyl (C=O) groups is 1. The van der Waals surface area contributed by atoms with Crippen LogP contribution >= 0.6 is 15.9 Å². The lowest BCUT2D eigenvalue weighted by molar-refractivity contribution is 0.102. The van der Waals surface area contributed by atoms with E-state index in [1.54, 1.807) is 6.07 Å². The number of hydrogen-bond acceptors (Lipinski definition) is 4. The molecule has 1 amide bonds. The predicted molar refractivity (Wildman–Crippen MR) is 94.7 cm³/mol. The number of rotatable bonds is 4. The van der Waals surface area contributed by atoms with Crippen LogP contribution in [-0.2, 0) is 0 Å². The van der Waals surface area contributed by atoms with Gasteiger partial charge in [0.05, 0.1) is 0 Å². The van der Waals surface area contributed by atoms with Crippen molar-refractivity contribution in [3.05, 3.63) is 46.1 Å². The van der Waals surface area contributed by atoms with Crippen molar-refractivity contribution >= 4 is 33.3 Å². The van der Waals surface area contributed by atoms with Gasteiger partial charge in [-0.15, -0.1) is 10.2 Å². The molecule has 1 heterocycles. The Kier molecular flexibility index (Phi) is 4.91. The van der Waals surface area contributed by atoms with Crippen LogP contribution in [0.4, 0.5) is 11.5 Å². The Balaban J connectivity index is 1.65. The van der Waals surface area contributed by atoms with Crippen molar-refractivity contribution < 1.29 is 4.79 Å². The third kappa shape index (κ3) is 4.07. The number of carbonyl (C=O) groups excluding carboxylic acids is 1. The number of anilines is 2. The lowest BCUT2D eigenvalue weighted by atomic mass is 10.2. The van der Waals surface area contributed by atoms with Gasteiger partial charge in [0.1, 0.15) is 5.82 Å². The Bertz CT molecular complexity index is 696. The number of nitrogens with zero attached hydrogens (tertiary/aromatic N) is 2. The number of hydrogen-bond donors (Lipinski definition) is 2. The Morgan fingerprint density at radius 3 is 2.61 bits per heavy atom. The largest absolute Gasteiger partial charge is 0.366 e. The summed E-state index contributed by atoms with van der Waals surface area (Å²) >= 11 is 3.41. The average Bonchev–Trinajstić information content (AvgIpc) is 3.04. The number of aryl methyl sites for hydroxylation is 1. The van der Waals surface area contributed by atoms with Crippen LogP contribution in [0.15, 0.2) is 34.8 Å². The Labute approximate surface area is 144 Å². The van der Waals surface area contributed by atoms with Gasteiger partial charge < -0.3 is 10.6 Å². The Morgan fingerprint density at radius 1 is 1.17 bits per heavy atom. The number of benzene rings is 1. The zero-order valence-electron chi connectivity index (χ0n) is 13.0. The predicted octanol–water partition coefficient (Wildman–Crippen LogP) is 4.15. The first-order valence-electron chi connectivity index (χ1n) is 7.79. The van der Waals surface area contributed by atoms with E-state index < -0.39 is 0 Å². The van der Waals surface area contributed by atoms with Crippen molar-refractivity contribution in [2.75, 3.05) is 10.6 Å². The minimum absolute atomic E-state index is 0.254.